The molecule has 0 aliphatic heterocycles. The van der Waals surface area contributed by atoms with Crippen molar-refractivity contribution < 1.29 is 4.74 Å². The number of allylic oxidation sites excluding steroid dienone is 1. The van der Waals surface area contributed by atoms with Gasteiger partial charge in [0.15, 0.2) is 0 Å². The SMILES string of the molecule is [CH2-]c1ccc(N(/N=C\c2ccccc2)C2(C)C=CC(OC)=CC2)cc1. The van der Waals surface area contributed by atoms with E-state index in [1.165, 1.54) is 0 Å². The van der Waals surface area contributed by atoms with Gasteiger partial charge in [-0.15, -0.1) is 0 Å². The summed E-state index contributed by atoms with van der Waals surface area (Å²) >= 11 is 0. The van der Waals surface area contributed by atoms with Crippen molar-refractivity contribution in [2.75, 3.05) is 12.1 Å². The monoisotopic (exact) mass is 331 g/mol. The molecule has 3 nitrogen and oxygen atoms in total. The highest BCUT2D eigenvalue weighted by Crippen LogP contribution is 2.32. The first-order valence-electron chi connectivity index (χ1n) is 8.35. The van der Waals surface area contributed by atoms with Crippen LogP contribution in [0, 0.1) is 6.92 Å². The highest BCUT2D eigenvalue weighted by molar-refractivity contribution is 5.80. The summed E-state index contributed by atoms with van der Waals surface area (Å²) in [5, 5.41) is 6.86. The second kappa shape index (κ2) is 7.31. The van der Waals surface area contributed by atoms with Gasteiger partial charge in [0.2, 0.25) is 0 Å². The van der Waals surface area contributed by atoms with Gasteiger partial charge in [0, 0.05) is 5.69 Å². The molecule has 3 heteroatoms. The van der Waals surface area contributed by atoms with Gasteiger partial charge < -0.3 is 4.74 Å². The van der Waals surface area contributed by atoms with Gasteiger partial charge >= 0.3 is 0 Å². The predicted molar refractivity (Wildman–Crippen MR) is 105 cm³/mol. The lowest BCUT2D eigenvalue weighted by Gasteiger charge is -2.38. The normalized spacial score (nSPS) is 19.7. The van der Waals surface area contributed by atoms with Crippen LogP contribution in [0.4, 0.5) is 5.69 Å². The molecule has 0 saturated heterocycles. The average Bonchev–Trinajstić information content (AvgIpc) is 2.65. The Balaban J connectivity index is 1.95. The molecule has 2 aromatic rings. The van der Waals surface area contributed by atoms with Crippen LogP contribution in [0.2, 0.25) is 0 Å². The molecule has 0 bridgehead atoms. The lowest BCUT2D eigenvalue weighted by molar-refractivity contribution is 0.299. The van der Waals surface area contributed by atoms with Crippen LogP contribution in [0.15, 0.2) is 83.7 Å². The zero-order valence-electron chi connectivity index (χ0n) is 14.7. The summed E-state index contributed by atoms with van der Waals surface area (Å²) in [5.41, 5.74) is 2.82. The minimum absolute atomic E-state index is 0.268. The zero-order valence-corrected chi connectivity index (χ0v) is 14.7. The van der Waals surface area contributed by atoms with Gasteiger partial charge in [0.25, 0.3) is 0 Å². The van der Waals surface area contributed by atoms with Crippen molar-refractivity contribution >= 4 is 11.9 Å². The molecule has 0 spiro atoms. The Kier molecular flexibility index (Phi) is 4.94. The van der Waals surface area contributed by atoms with Crippen LogP contribution >= 0.6 is 0 Å². The second-order valence-electron chi connectivity index (χ2n) is 6.34. The Hall–Kier alpha value is -2.94. The quantitative estimate of drug-likeness (QED) is 0.439. The topological polar surface area (TPSA) is 24.8 Å². The first kappa shape index (κ1) is 16.9. The highest BCUT2D eigenvalue weighted by Gasteiger charge is 2.30. The molecular weight excluding hydrogens is 308 g/mol. The van der Waals surface area contributed by atoms with Crippen molar-refractivity contribution in [2.24, 2.45) is 5.10 Å². The van der Waals surface area contributed by atoms with E-state index < -0.39 is 0 Å². The molecule has 2 aromatic carbocycles. The van der Waals surface area contributed by atoms with Gasteiger partial charge in [0.05, 0.1) is 18.9 Å². The van der Waals surface area contributed by atoms with Crippen LogP contribution < -0.4 is 5.01 Å². The molecule has 0 N–H and O–H groups in total. The zero-order chi connectivity index (χ0) is 17.7. The average molecular weight is 331 g/mol. The van der Waals surface area contributed by atoms with Crippen LogP contribution in [0.1, 0.15) is 24.5 Å². The van der Waals surface area contributed by atoms with E-state index in [0.29, 0.717) is 0 Å². The van der Waals surface area contributed by atoms with Crippen LogP contribution in [-0.4, -0.2) is 18.9 Å². The maximum atomic E-state index is 5.32. The molecule has 1 aliphatic carbocycles. The first-order valence-corrected chi connectivity index (χ1v) is 8.35. The molecule has 0 amide bonds. The van der Waals surface area contributed by atoms with Gasteiger partial charge in [-0.2, -0.15) is 29.7 Å². The van der Waals surface area contributed by atoms with Crippen LogP contribution in [0.3, 0.4) is 0 Å². The second-order valence-corrected chi connectivity index (χ2v) is 6.34. The Morgan fingerprint density at radius 3 is 2.44 bits per heavy atom. The number of hydrogen-bond donors (Lipinski definition) is 0. The molecule has 1 atom stereocenters. The summed E-state index contributed by atoms with van der Waals surface area (Å²) < 4.78 is 5.32. The molecule has 128 valence electrons. The van der Waals surface area contributed by atoms with Gasteiger partial charge in [-0.1, -0.05) is 48.5 Å². The van der Waals surface area contributed by atoms with E-state index in [1.807, 2.05) is 54.8 Å². The predicted octanol–water partition coefficient (Wildman–Crippen LogP) is 4.96. The lowest BCUT2D eigenvalue weighted by Crippen LogP contribution is -2.42. The smallest absolute Gasteiger partial charge is 0.114 e. The Morgan fingerprint density at radius 2 is 1.84 bits per heavy atom. The van der Waals surface area contributed by atoms with E-state index in [1.54, 1.807) is 7.11 Å². The first-order chi connectivity index (χ1) is 12.1. The van der Waals surface area contributed by atoms with Crippen LogP contribution in [0.25, 0.3) is 0 Å². The van der Waals surface area contributed by atoms with Gasteiger partial charge in [-0.25, -0.2) is 0 Å². The largest absolute Gasteiger partial charge is 0.497 e. The van der Waals surface area contributed by atoms with Crippen molar-refractivity contribution in [2.45, 2.75) is 18.9 Å². The van der Waals surface area contributed by atoms with Gasteiger partial charge in [-0.3, -0.25) is 5.01 Å². The Labute approximate surface area is 149 Å². The van der Waals surface area contributed by atoms with Crippen LogP contribution in [0.5, 0.6) is 0 Å². The number of hydrazone groups is 1. The van der Waals surface area contributed by atoms with E-state index >= 15 is 0 Å². The minimum atomic E-state index is -0.268. The number of benzene rings is 2. The van der Waals surface area contributed by atoms with Crippen molar-refractivity contribution in [3.63, 3.8) is 0 Å². The van der Waals surface area contributed by atoms with Gasteiger partial charge in [-0.05, 0) is 31.1 Å². The molecule has 0 saturated carbocycles. The molecule has 0 radical (unpaired) electrons. The fourth-order valence-electron chi connectivity index (χ4n) is 2.81. The number of hydrogen-bond acceptors (Lipinski definition) is 3. The van der Waals surface area contributed by atoms with E-state index in [-0.39, 0.29) is 5.54 Å². The summed E-state index contributed by atoms with van der Waals surface area (Å²) in [4.78, 5) is 0. The maximum absolute atomic E-state index is 5.32. The fraction of sp³-hybridized carbons (Fsp3) is 0.182. The molecule has 1 aliphatic rings. The van der Waals surface area contributed by atoms with Crippen molar-refractivity contribution in [3.8, 4) is 0 Å². The summed E-state index contributed by atoms with van der Waals surface area (Å²) in [6.07, 6.45) is 8.95. The van der Waals surface area contributed by atoms with Crippen LogP contribution in [-0.2, 0) is 4.74 Å². The molecule has 0 fully saturated rings. The van der Waals surface area contributed by atoms with E-state index in [9.17, 15) is 0 Å². The molecule has 1 unspecified atom stereocenters. The lowest BCUT2D eigenvalue weighted by atomic mass is 9.91. The Morgan fingerprint density at radius 1 is 1.12 bits per heavy atom. The standard InChI is InChI=1S/C22H23N2O/c1-18-9-11-20(12-10-18)24(23-17-19-7-5-4-6-8-19)22(2)15-13-21(25-3)14-16-22/h4-15,17H,1,16H2,2-3H3/q-1/b23-17-. The van der Waals surface area contributed by atoms with E-state index in [0.717, 1.165) is 29.0 Å². The number of anilines is 1. The van der Waals surface area contributed by atoms with Crippen molar-refractivity contribution in [1.29, 1.82) is 0 Å². The summed E-state index contributed by atoms with van der Waals surface area (Å²) in [5.74, 6) is 0.887. The number of ether oxygens (including phenoxy) is 1. The van der Waals surface area contributed by atoms with Gasteiger partial charge in [0.1, 0.15) is 5.76 Å². The van der Waals surface area contributed by atoms with Crippen molar-refractivity contribution in [1.82, 2.24) is 0 Å². The molecule has 3 rings (SSSR count). The molecule has 0 heterocycles. The molecule has 25 heavy (non-hydrogen) atoms. The number of nitrogens with zero attached hydrogens (tertiary/aromatic N) is 2. The third kappa shape index (κ3) is 3.94. The minimum Gasteiger partial charge on any atom is -0.497 e. The molecule has 0 aromatic heterocycles. The summed E-state index contributed by atoms with van der Waals surface area (Å²) in [7, 11) is 1.69. The van der Waals surface area contributed by atoms with Crippen molar-refractivity contribution in [3.05, 3.63) is 96.6 Å². The molecular formula is C22H23N2O-. The summed E-state index contributed by atoms with van der Waals surface area (Å²) in [6.45, 7) is 6.14. The Bertz CT molecular complexity index is 791. The number of rotatable bonds is 5. The maximum Gasteiger partial charge on any atom is 0.114 e. The highest BCUT2D eigenvalue weighted by atomic mass is 16.5. The van der Waals surface area contributed by atoms with E-state index in [4.69, 9.17) is 9.84 Å². The van der Waals surface area contributed by atoms with E-state index in [2.05, 4.69) is 43.1 Å². The third-order valence-electron chi connectivity index (χ3n) is 4.35. The number of methoxy groups -OCH3 is 1. The fourth-order valence-corrected chi connectivity index (χ4v) is 2.81. The third-order valence-corrected chi connectivity index (χ3v) is 4.35. The summed E-state index contributed by atoms with van der Waals surface area (Å²) in [6, 6.07) is 18.2.